The summed E-state index contributed by atoms with van der Waals surface area (Å²) >= 11 is 0. The molecule has 1 aliphatic rings. The van der Waals surface area contributed by atoms with Crippen LogP contribution in [0.1, 0.15) is 26.2 Å². The number of hydrogen-bond donors (Lipinski definition) is 1. The van der Waals surface area contributed by atoms with Gasteiger partial charge in [0, 0.05) is 6.54 Å². The summed E-state index contributed by atoms with van der Waals surface area (Å²) in [6.07, 6.45) is 3.82. The van der Waals surface area contributed by atoms with Crippen LogP contribution in [0.2, 0.25) is 0 Å². The summed E-state index contributed by atoms with van der Waals surface area (Å²) in [6.45, 7) is 5.48. The molecular weight excluding hydrogens is 152 g/mol. The largest absolute Gasteiger partial charge is 0.355 e. The summed E-state index contributed by atoms with van der Waals surface area (Å²) in [5.74, 6) is 0.166. The van der Waals surface area contributed by atoms with Crippen molar-refractivity contribution in [1.29, 1.82) is 0 Å². The zero-order valence-corrected chi connectivity index (χ0v) is 7.81. The van der Waals surface area contributed by atoms with Gasteiger partial charge in [0.05, 0.1) is 6.54 Å². The molecule has 0 aromatic carbocycles. The van der Waals surface area contributed by atoms with Gasteiger partial charge in [-0.05, 0) is 32.9 Å². The van der Waals surface area contributed by atoms with Gasteiger partial charge in [0.1, 0.15) is 0 Å². The fraction of sp³-hybridized carbons (Fsp3) is 0.889. The average molecular weight is 170 g/mol. The van der Waals surface area contributed by atoms with E-state index in [-0.39, 0.29) is 5.91 Å². The molecule has 0 radical (unpaired) electrons. The van der Waals surface area contributed by atoms with Crippen molar-refractivity contribution in [3.8, 4) is 0 Å². The number of nitrogens with one attached hydrogen (secondary N) is 1. The number of carbonyl (C=O) groups is 1. The molecule has 1 amide bonds. The van der Waals surface area contributed by atoms with E-state index in [1.165, 1.54) is 19.3 Å². The van der Waals surface area contributed by atoms with Gasteiger partial charge in [-0.15, -0.1) is 0 Å². The molecule has 1 aliphatic heterocycles. The minimum Gasteiger partial charge on any atom is -0.355 e. The second-order valence-corrected chi connectivity index (χ2v) is 3.29. The normalized spacial score (nSPS) is 19.1. The Morgan fingerprint density at radius 3 is 2.58 bits per heavy atom. The third-order valence-electron chi connectivity index (χ3n) is 2.19. The highest BCUT2D eigenvalue weighted by molar-refractivity contribution is 5.77. The van der Waals surface area contributed by atoms with Crippen LogP contribution in [0.5, 0.6) is 0 Å². The number of nitrogens with zero attached hydrogens (tertiary/aromatic N) is 1. The number of likely N-dealkylation sites (N-methyl/N-ethyl adjacent to an activating group) is 1. The molecule has 1 N–H and O–H groups in total. The van der Waals surface area contributed by atoms with E-state index in [9.17, 15) is 4.79 Å². The number of rotatable bonds is 3. The lowest BCUT2D eigenvalue weighted by atomic mass is 10.1. The van der Waals surface area contributed by atoms with Crippen molar-refractivity contribution in [3.05, 3.63) is 0 Å². The molecule has 0 aromatic rings. The number of hydrogen-bond acceptors (Lipinski definition) is 2. The summed E-state index contributed by atoms with van der Waals surface area (Å²) in [5.41, 5.74) is 0. The van der Waals surface area contributed by atoms with Gasteiger partial charge in [-0.3, -0.25) is 9.69 Å². The predicted molar refractivity (Wildman–Crippen MR) is 49.0 cm³/mol. The van der Waals surface area contributed by atoms with Crippen molar-refractivity contribution in [2.75, 3.05) is 26.2 Å². The summed E-state index contributed by atoms with van der Waals surface area (Å²) < 4.78 is 0. The van der Waals surface area contributed by atoms with E-state index in [4.69, 9.17) is 0 Å². The predicted octanol–water partition coefficient (Wildman–Crippen LogP) is 0.608. The highest BCUT2D eigenvalue weighted by atomic mass is 16.2. The van der Waals surface area contributed by atoms with E-state index < -0.39 is 0 Å². The van der Waals surface area contributed by atoms with Crippen molar-refractivity contribution < 1.29 is 4.79 Å². The summed E-state index contributed by atoms with van der Waals surface area (Å²) in [6, 6.07) is 0. The third kappa shape index (κ3) is 3.22. The molecule has 1 rings (SSSR count). The molecule has 0 spiro atoms. The number of carbonyl (C=O) groups excluding carboxylic acids is 1. The van der Waals surface area contributed by atoms with Crippen LogP contribution in [0, 0.1) is 0 Å². The molecule has 0 aromatic heterocycles. The zero-order valence-electron chi connectivity index (χ0n) is 7.81. The fourth-order valence-corrected chi connectivity index (χ4v) is 1.57. The standard InChI is InChI=1S/C9H18N2O/c1-2-10-9(12)8-11-6-4-3-5-7-11/h2-8H2,1H3,(H,10,12). The molecule has 1 heterocycles. The number of amides is 1. The van der Waals surface area contributed by atoms with Crippen LogP contribution < -0.4 is 5.32 Å². The van der Waals surface area contributed by atoms with E-state index in [0.717, 1.165) is 19.6 Å². The lowest BCUT2D eigenvalue weighted by Crippen LogP contribution is -2.39. The van der Waals surface area contributed by atoms with Crippen molar-refractivity contribution in [3.63, 3.8) is 0 Å². The Labute approximate surface area is 74.1 Å². The summed E-state index contributed by atoms with van der Waals surface area (Å²) in [4.78, 5) is 13.4. The second-order valence-electron chi connectivity index (χ2n) is 3.29. The first-order chi connectivity index (χ1) is 5.83. The van der Waals surface area contributed by atoms with Gasteiger partial charge in [-0.1, -0.05) is 6.42 Å². The van der Waals surface area contributed by atoms with Crippen LogP contribution in [0.15, 0.2) is 0 Å². The second kappa shape index (κ2) is 5.14. The van der Waals surface area contributed by atoms with Crippen LogP contribution in [-0.4, -0.2) is 37.0 Å². The van der Waals surface area contributed by atoms with Crippen LogP contribution in [0.4, 0.5) is 0 Å². The molecule has 1 saturated heterocycles. The van der Waals surface area contributed by atoms with Crippen molar-refractivity contribution >= 4 is 5.91 Å². The quantitative estimate of drug-likeness (QED) is 0.673. The van der Waals surface area contributed by atoms with Crippen molar-refractivity contribution in [1.82, 2.24) is 10.2 Å². The maximum atomic E-state index is 11.2. The highest BCUT2D eigenvalue weighted by Gasteiger charge is 2.12. The van der Waals surface area contributed by atoms with E-state index in [1.54, 1.807) is 0 Å². The Morgan fingerprint density at radius 1 is 1.33 bits per heavy atom. The minimum absolute atomic E-state index is 0.166. The van der Waals surface area contributed by atoms with Gasteiger partial charge in [0.15, 0.2) is 0 Å². The molecular formula is C9H18N2O. The average Bonchev–Trinajstić information content (AvgIpc) is 2.06. The monoisotopic (exact) mass is 170 g/mol. The third-order valence-corrected chi connectivity index (χ3v) is 2.19. The van der Waals surface area contributed by atoms with Crippen LogP contribution >= 0.6 is 0 Å². The lowest BCUT2D eigenvalue weighted by Gasteiger charge is -2.25. The number of likely N-dealkylation sites (tertiary alicyclic amines) is 1. The summed E-state index contributed by atoms with van der Waals surface area (Å²) in [5, 5.41) is 2.81. The van der Waals surface area contributed by atoms with Gasteiger partial charge in [-0.25, -0.2) is 0 Å². The molecule has 12 heavy (non-hydrogen) atoms. The summed E-state index contributed by atoms with van der Waals surface area (Å²) in [7, 11) is 0. The molecule has 0 saturated carbocycles. The number of piperidine rings is 1. The Kier molecular flexibility index (Phi) is 4.08. The zero-order chi connectivity index (χ0) is 8.81. The lowest BCUT2D eigenvalue weighted by molar-refractivity contribution is -0.122. The molecule has 0 unspecified atom stereocenters. The topological polar surface area (TPSA) is 32.3 Å². The van der Waals surface area contributed by atoms with Gasteiger partial charge in [0.2, 0.25) is 5.91 Å². The van der Waals surface area contributed by atoms with Crippen LogP contribution in [0.25, 0.3) is 0 Å². The molecule has 3 heteroatoms. The Bertz CT molecular complexity index is 141. The van der Waals surface area contributed by atoms with Gasteiger partial charge in [-0.2, -0.15) is 0 Å². The highest BCUT2D eigenvalue weighted by Crippen LogP contribution is 2.07. The van der Waals surface area contributed by atoms with E-state index in [2.05, 4.69) is 10.2 Å². The van der Waals surface area contributed by atoms with Crippen LogP contribution in [-0.2, 0) is 4.79 Å². The molecule has 3 nitrogen and oxygen atoms in total. The molecule has 1 fully saturated rings. The smallest absolute Gasteiger partial charge is 0.234 e. The fourth-order valence-electron chi connectivity index (χ4n) is 1.57. The first-order valence-electron chi connectivity index (χ1n) is 4.82. The van der Waals surface area contributed by atoms with Crippen LogP contribution in [0.3, 0.4) is 0 Å². The Balaban J connectivity index is 2.15. The molecule has 70 valence electrons. The maximum absolute atomic E-state index is 11.2. The van der Waals surface area contributed by atoms with E-state index >= 15 is 0 Å². The Hall–Kier alpha value is -0.570. The molecule has 0 aliphatic carbocycles. The first-order valence-corrected chi connectivity index (χ1v) is 4.82. The maximum Gasteiger partial charge on any atom is 0.234 e. The van der Waals surface area contributed by atoms with Gasteiger partial charge in [0.25, 0.3) is 0 Å². The van der Waals surface area contributed by atoms with Gasteiger partial charge < -0.3 is 5.32 Å². The van der Waals surface area contributed by atoms with Crippen molar-refractivity contribution in [2.24, 2.45) is 0 Å². The van der Waals surface area contributed by atoms with Gasteiger partial charge >= 0.3 is 0 Å². The van der Waals surface area contributed by atoms with E-state index in [0.29, 0.717) is 6.54 Å². The molecule has 0 bridgehead atoms. The van der Waals surface area contributed by atoms with Crippen molar-refractivity contribution in [2.45, 2.75) is 26.2 Å². The SMILES string of the molecule is CCNC(=O)CN1CCCCC1. The van der Waals surface area contributed by atoms with E-state index in [1.807, 2.05) is 6.92 Å². The first kappa shape index (κ1) is 9.52. The minimum atomic E-state index is 0.166. The Morgan fingerprint density at radius 2 is 2.00 bits per heavy atom. The molecule has 0 atom stereocenters.